The zero-order valence-corrected chi connectivity index (χ0v) is 12.7. The van der Waals surface area contributed by atoms with E-state index in [1.807, 2.05) is 6.07 Å². The van der Waals surface area contributed by atoms with Crippen LogP contribution in [0.1, 0.15) is 23.1 Å². The SMILES string of the molecule is CCOC(=O)C1=Cc2sc(CN)cc2N=C([NH-])C1.[Pd]. The molecule has 1 aliphatic heterocycles. The van der Waals surface area contributed by atoms with Crippen molar-refractivity contribution >= 4 is 34.9 Å². The van der Waals surface area contributed by atoms with Gasteiger partial charge in [-0.2, -0.15) is 0 Å². The maximum Gasteiger partial charge on any atom is 0.334 e. The Kier molecular flexibility index (Phi) is 5.89. The predicted octanol–water partition coefficient (Wildman–Crippen LogP) is 2.64. The van der Waals surface area contributed by atoms with Crippen LogP contribution < -0.4 is 5.73 Å². The fourth-order valence-electron chi connectivity index (χ4n) is 1.67. The van der Waals surface area contributed by atoms with Crippen LogP contribution in [0.5, 0.6) is 0 Å². The molecule has 106 valence electrons. The topological polar surface area (TPSA) is 88.5 Å². The number of fused-ring (bicyclic) bond motifs is 1. The monoisotopic (exact) mass is 370 g/mol. The molecule has 2 heterocycles. The quantitative estimate of drug-likeness (QED) is 0.655. The van der Waals surface area contributed by atoms with Gasteiger partial charge in [-0.25, -0.2) is 4.79 Å². The van der Waals surface area contributed by atoms with E-state index in [9.17, 15) is 4.79 Å². The van der Waals surface area contributed by atoms with E-state index in [1.165, 1.54) is 11.3 Å². The average Bonchev–Trinajstić information content (AvgIpc) is 2.64. The van der Waals surface area contributed by atoms with Gasteiger partial charge in [-0.05, 0) is 31.2 Å². The van der Waals surface area contributed by atoms with Crippen molar-refractivity contribution in [3.05, 3.63) is 27.1 Å². The molecule has 3 N–H and O–H groups in total. The number of nitrogens with zero attached hydrogens (tertiary/aromatic N) is 1. The van der Waals surface area contributed by atoms with E-state index < -0.39 is 0 Å². The molecule has 5 nitrogen and oxygen atoms in total. The fourth-order valence-corrected chi connectivity index (χ4v) is 2.61. The molecule has 19 heavy (non-hydrogen) atoms. The Hall–Kier alpha value is -0.998. The molecule has 0 saturated heterocycles. The van der Waals surface area contributed by atoms with Crippen LogP contribution in [-0.4, -0.2) is 18.4 Å². The summed E-state index contributed by atoms with van der Waals surface area (Å²) in [6, 6.07) is 1.86. The number of ether oxygens (including phenoxy) is 1. The van der Waals surface area contributed by atoms with E-state index in [1.54, 1.807) is 13.0 Å². The number of nitrogens with one attached hydrogen (secondary N) is 1. The molecule has 1 aromatic heterocycles. The molecule has 2 rings (SSSR count). The number of thiophene rings is 1. The number of carbonyl (C=O) groups excluding carboxylic acids is 1. The molecule has 0 spiro atoms. The molecule has 0 fully saturated rings. The maximum absolute atomic E-state index is 11.7. The van der Waals surface area contributed by atoms with E-state index in [-0.39, 0.29) is 38.6 Å². The Morgan fingerprint density at radius 2 is 2.37 bits per heavy atom. The molecule has 0 amide bonds. The van der Waals surface area contributed by atoms with E-state index in [0.717, 1.165) is 9.75 Å². The first kappa shape index (κ1) is 16.1. The number of carbonyl (C=O) groups is 1. The first-order valence-electron chi connectivity index (χ1n) is 5.63. The summed E-state index contributed by atoms with van der Waals surface area (Å²) in [5.41, 5.74) is 14.5. The van der Waals surface area contributed by atoms with Crippen LogP contribution in [0.15, 0.2) is 16.6 Å². The third kappa shape index (κ3) is 3.74. The van der Waals surface area contributed by atoms with Gasteiger partial charge in [-0.15, -0.1) is 11.3 Å². The van der Waals surface area contributed by atoms with Crippen molar-refractivity contribution in [1.29, 1.82) is 0 Å². The van der Waals surface area contributed by atoms with Crippen molar-refractivity contribution in [3.63, 3.8) is 0 Å². The molecule has 0 aliphatic carbocycles. The van der Waals surface area contributed by atoms with Crippen molar-refractivity contribution in [1.82, 2.24) is 0 Å². The van der Waals surface area contributed by atoms with Crippen molar-refractivity contribution in [2.45, 2.75) is 19.9 Å². The molecule has 7 heteroatoms. The van der Waals surface area contributed by atoms with Crippen LogP contribution in [0.25, 0.3) is 11.8 Å². The number of aliphatic imine (C=N–C) groups is 1. The molecule has 0 radical (unpaired) electrons. The molecule has 1 aliphatic rings. The van der Waals surface area contributed by atoms with Gasteiger partial charge in [0.2, 0.25) is 0 Å². The molecule has 0 aromatic carbocycles. The normalized spacial score (nSPS) is 13.6. The van der Waals surface area contributed by atoms with Crippen LogP contribution in [0.2, 0.25) is 0 Å². The summed E-state index contributed by atoms with van der Waals surface area (Å²) in [5.74, 6) is -0.220. The third-order valence-electron chi connectivity index (χ3n) is 2.45. The van der Waals surface area contributed by atoms with Gasteiger partial charge in [0, 0.05) is 42.3 Å². The molecule has 0 atom stereocenters. The first-order valence-corrected chi connectivity index (χ1v) is 6.45. The third-order valence-corrected chi connectivity index (χ3v) is 3.54. The number of rotatable bonds is 3. The van der Waals surface area contributed by atoms with Gasteiger partial charge in [-0.1, -0.05) is 5.84 Å². The van der Waals surface area contributed by atoms with Gasteiger partial charge < -0.3 is 21.2 Å². The average molecular weight is 371 g/mol. The molecule has 0 unspecified atom stereocenters. The van der Waals surface area contributed by atoms with Gasteiger partial charge in [0.1, 0.15) is 0 Å². The van der Waals surface area contributed by atoms with Crippen LogP contribution in [0, 0.1) is 0 Å². The summed E-state index contributed by atoms with van der Waals surface area (Å²) in [6.45, 7) is 2.52. The second-order valence-electron chi connectivity index (χ2n) is 3.79. The summed E-state index contributed by atoms with van der Waals surface area (Å²) >= 11 is 1.49. The molecule has 0 bridgehead atoms. The van der Waals surface area contributed by atoms with E-state index in [2.05, 4.69) is 4.99 Å². The van der Waals surface area contributed by atoms with Crippen LogP contribution in [0.3, 0.4) is 0 Å². The van der Waals surface area contributed by atoms with Gasteiger partial charge in [0.15, 0.2) is 0 Å². The summed E-state index contributed by atoms with van der Waals surface area (Å²) in [5, 5.41) is 0. The first-order chi connectivity index (χ1) is 8.63. The van der Waals surface area contributed by atoms with E-state index in [4.69, 9.17) is 16.2 Å². The Bertz CT molecular complexity index is 537. The minimum Gasteiger partial charge on any atom is -0.485 e. The predicted molar refractivity (Wildman–Crippen MR) is 72.9 cm³/mol. The maximum atomic E-state index is 11.7. The summed E-state index contributed by atoms with van der Waals surface area (Å²) in [7, 11) is 0. The Labute approximate surface area is 129 Å². The number of esters is 1. The second-order valence-corrected chi connectivity index (χ2v) is 4.96. The second kappa shape index (κ2) is 6.96. The van der Waals surface area contributed by atoms with Crippen LogP contribution in [0.4, 0.5) is 5.69 Å². The smallest absolute Gasteiger partial charge is 0.334 e. The number of amidine groups is 1. The minimum atomic E-state index is -0.381. The number of nitrogens with two attached hydrogens (primary N) is 1. The van der Waals surface area contributed by atoms with Gasteiger partial charge in [-0.3, -0.25) is 0 Å². The summed E-state index contributed by atoms with van der Waals surface area (Å²) in [6.07, 6.45) is 1.96. The fraction of sp³-hybridized carbons (Fsp3) is 0.333. The van der Waals surface area contributed by atoms with Crippen LogP contribution >= 0.6 is 11.3 Å². The molecular formula is C12H14N3O2PdS-. The van der Waals surface area contributed by atoms with E-state index in [0.29, 0.717) is 24.4 Å². The Morgan fingerprint density at radius 3 is 3.00 bits per heavy atom. The van der Waals surface area contributed by atoms with Crippen LogP contribution in [-0.2, 0) is 36.5 Å². The van der Waals surface area contributed by atoms with E-state index >= 15 is 0 Å². The van der Waals surface area contributed by atoms with Gasteiger partial charge in [0.05, 0.1) is 6.61 Å². The zero-order valence-electron chi connectivity index (χ0n) is 10.3. The van der Waals surface area contributed by atoms with Gasteiger partial charge in [0.25, 0.3) is 0 Å². The number of hydrogen-bond acceptors (Lipinski definition) is 5. The number of hydrogen-bond donors (Lipinski definition) is 1. The Morgan fingerprint density at radius 1 is 1.63 bits per heavy atom. The van der Waals surface area contributed by atoms with Crippen molar-refractivity contribution < 1.29 is 30.0 Å². The minimum absolute atomic E-state index is 0. The molecule has 0 saturated carbocycles. The van der Waals surface area contributed by atoms with Gasteiger partial charge >= 0.3 is 5.97 Å². The van der Waals surface area contributed by atoms with Crippen molar-refractivity contribution in [3.8, 4) is 0 Å². The standard InChI is InChI=1S/C12H15N3O2S.Pd/c1-2-17-12(16)7-3-10-9(15-11(14)4-7)5-8(6-13)18-10;/h3,5H,2,4,6,13H2,1H3,(H2,14,15,16);/p-1. The summed E-state index contributed by atoms with van der Waals surface area (Å²) in [4.78, 5) is 17.8. The van der Waals surface area contributed by atoms with Crippen molar-refractivity contribution in [2.75, 3.05) is 6.61 Å². The Balaban J connectivity index is 0.00000180. The molecular weight excluding hydrogens is 357 g/mol. The van der Waals surface area contributed by atoms with Crippen molar-refractivity contribution in [2.24, 2.45) is 10.7 Å². The summed E-state index contributed by atoms with van der Waals surface area (Å²) < 4.78 is 4.97. The zero-order chi connectivity index (χ0) is 13.1. The largest absolute Gasteiger partial charge is 0.485 e. The molecule has 1 aromatic rings.